The van der Waals surface area contributed by atoms with Crippen LogP contribution in [0.2, 0.25) is 0 Å². The van der Waals surface area contributed by atoms with Crippen molar-refractivity contribution < 1.29 is 15.0 Å². The number of Topliss-reactive ketones (excluding diaryl/α,β-unsaturated/α-hetero) is 1. The summed E-state index contributed by atoms with van der Waals surface area (Å²) in [5.41, 5.74) is 3.82. The number of allylic oxidation sites excluding steroid dienone is 1. The van der Waals surface area contributed by atoms with Gasteiger partial charge >= 0.3 is 0 Å². The Hall–Kier alpha value is -0.930. The van der Waals surface area contributed by atoms with E-state index < -0.39 is 12.2 Å². The number of hydrogen-bond acceptors (Lipinski definition) is 3. The van der Waals surface area contributed by atoms with Crippen LogP contribution in [0.4, 0.5) is 0 Å². The highest BCUT2D eigenvalue weighted by Gasteiger charge is 2.49. The topological polar surface area (TPSA) is 57.5 Å². The normalized spacial score (nSPS) is 39.2. The van der Waals surface area contributed by atoms with E-state index in [1.54, 1.807) is 0 Å². The Balaban J connectivity index is 2.17. The van der Waals surface area contributed by atoms with Crippen molar-refractivity contribution in [1.29, 1.82) is 0 Å². The van der Waals surface area contributed by atoms with Crippen molar-refractivity contribution in [3.05, 3.63) is 22.3 Å². The minimum absolute atomic E-state index is 0.0397. The molecule has 0 aromatic rings. The molecule has 22 heavy (non-hydrogen) atoms. The van der Waals surface area contributed by atoms with E-state index in [9.17, 15) is 15.0 Å². The molecule has 0 unspecified atom stereocenters. The van der Waals surface area contributed by atoms with E-state index in [-0.39, 0.29) is 17.1 Å². The zero-order chi connectivity index (χ0) is 16.2. The Morgan fingerprint density at radius 3 is 2.50 bits per heavy atom. The van der Waals surface area contributed by atoms with Gasteiger partial charge in [-0.05, 0) is 31.6 Å². The number of aliphatic hydroxyl groups excluding tert-OH is 2. The van der Waals surface area contributed by atoms with E-state index >= 15 is 0 Å². The number of fused-ring (bicyclic) bond motifs is 1. The van der Waals surface area contributed by atoms with Crippen molar-refractivity contribution in [3.63, 3.8) is 0 Å². The maximum absolute atomic E-state index is 12.4. The summed E-state index contributed by atoms with van der Waals surface area (Å²) in [6.07, 6.45) is 2.51. The van der Waals surface area contributed by atoms with Crippen molar-refractivity contribution in [2.24, 2.45) is 17.3 Å². The highest BCUT2D eigenvalue weighted by Crippen LogP contribution is 2.54. The molecule has 2 N–H and O–H groups in total. The van der Waals surface area contributed by atoms with Crippen LogP contribution in [-0.4, -0.2) is 28.2 Å². The predicted octanol–water partition coefficient (Wildman–Crippen LogP) is 3.16. The lowest BCUT2D eigenvalue weighted by molar-refractivity contribution is -0.116. The third kappa shape index (κ3) is 2.13. The number of aliphatic hydroxyl groups is 2. The first-order chi connectivity index (χ1) is 10.3. The fourth-order valence-corrected chi connectivity index (χ4v) is 4.80. The monoisotopic (exact) mass is 304 g/mol. The Kier molecular flexibility index (Phi) is 3.85. The van der Waals surface area contributed by atoms with Crippen molar-refractivity contribution >= 4 is 5.78 Å². The molecule has 0 saturated carbocycles. The first-order valence-electron chi connectivity index (χ1n) is 8.62. The smallest absolute Gasteiger partial charge is 0.161 e. The molecule has 0 aromatic heterocycles. The summed E-state index contributed by atoms with van der Waals surface area (Å²) >= 11 is 0. The molecular weight excluding hydrogens is 276 g/mol. The summed E-state index contributed by atoms with van der Waals surface area (Å²) in [4.78, 5) is 12.4. The zero-order valence-corrected chi connectivity index (χ0v) is 14.1. The Labute approximate surface area is 133 Å². The molecule has 3 aliphatic carbocycles. The van der Waals surface area contributed by atoms with Crippen LogP contribution < -0.4 is 0 Å². The highest BCUT2D eigenvalue weighted by molar-refractivity contribution is 6.00. The van der Waals surface area contributed by atoms with Crippen LogP contribution in [-0.2, 0) is 4.79 Å². The fourth-order valence-electron chi connectivity index (χ4n) is 4.80. The van der Waals surface area contributed by atoms with Gasteiger partial charge in [-0.25, -0.2) is 0 Å². The summed E-state index contributed by atoms with van der Waals surface area (Å²) in [6.45, 7) is 8.45. The molecule has 0 fully saturated rings. The van der Waals surface area contributed by atoms with Gasteiger partial charge in [-0.15, -0.1) is 0 Å². The predicted molar refractivity (Wildman–Crippen MR) is 86.3 cm³/mol. The van der Waals surface area contributed by atoms with Crippen LogP contribution in [0.1, 0.15) is 59.8 Å². The van der Waals surface area contributed by atoms with E-state index in [2.05, 4.69) is 20.8 Å². The Bertz CT molecular complexity index is 569. The third-order valence-corrected chi connectivity index (χ3v) is 6.37. The van der Waals surface area contributed by atoms with Crippen molar-refractivity contribution in [2.75, 3.05) is 0 Å². The number of carbonyl (C=O) groups excluding carboxylic acids is 1. The number of hydrogen-bond donors (Lipinski definition) is 2. The lowest BCUT2D eigenvalue weighted by Gasteiger charge is -2.39. The molecule has 3 rings (SSSR count). The Morgan fingerprint density at radius 2 is 1.86 bits per heavy atom. The second-order valence-corrected chi connectivity index (χ2v) is 7.90. The van der Waals surface area contributed by atoms with E-state index in [0.717, 1.165) is 18.4 Å². The molecule has 3 heteroatoms. The first kappa shape index (κ1) is 15.9. The van der Waals surface area contributed by atoms with E-state index in [0.29, 0.717) is 30.8 Å². The molecule has 0 saturated heterocycles. The average molecular weight is 304 g/mol. The van der Waals surface area contributed by atoms with Gasteiger partial charge in [0.25, 0.3) is 0 Å². The number of ketones is 1. The standard InChI is InChI=1S/C19H28O3/c1-10(2)12-7-8-19(4)14(12)9-16(21)11(3)13-5-6-15(20)17(13)18(19)22/h10-11,16,18,21-22H,5-9H2,1-4H3/t11-,16+,18+,19+/m1/s1. The zero-order valence-electron chi connectivity index (χ0n) is 14.1. The van der Waals surface area contributed by atoms with E-state index in [4.69, 9.17) is 0 Å². The van der Waals surface area contributed by atoms with Crippen molar-refractivity contribution in [1.82, 2.24) is 0 Å². The first-order valence-corrected chi connectivity index (χ1v) is 8.62. The van der Waals surface area contributed by atoms with Gasteiger partial charge in [0.2, 0.25) is 0 Å². The second kappa shape index (κ2) is 5.31. The highest BCUT2D eigenvalue weighted by atomic mass is 16.3. The molecule has 0 heterocycles. The van der Waals surface area contributed by atoms with Gasteiger partial charge in [0.15, 0.2) is 5.78 Å². The van der Waals surface area contributed by atoms with Gasteiger partial charge in [-0.1, -0.05) is 44.4 Å². The van der Waals surface area contributed by atoms with Crippen LogP contribution in [0.5, 0.6) is 0 Å². The maximum atomic E-state index is 12.4. The molecule has 0 amide bonds. The molecule has 0 spiro atoms. The van der Waals surface area contributed by atoms with Crippen LogP contribution in [0.15, 0.2) is 22.3 Å². The summed E-state index contributed by atoms with van der Waals surface area (Å²) in [6, 6.07) is 0. The number of rotatable bonds is 1. The lowest BCUT2D eigenvalue weighted by atomic mass is 9.68. The van der Waals surface area contributed by atoms with Crippen LogP contribution >= 0.6 is 0 Å². The average Bonchev–Trinajstić information content (AvgIpc) is 2.99. The minimum atomic E-state index is -0.710. The molecule has 0 radical (unpaired) electrons. The van der Waals surface area contributed by atoms with E-state index in [1.165, 1.54) is 11.1 Å². The summed E-state index contributed by atoms with van der Waals surface area (Å²) in [5.74, 6) is 0.475. The molecule has 0 aliphatic heterocycles. The van der Waals surface area contributed by atoms with Gasteiger partial charge in [0, 0.05) is 23.3 Å². The van der Waals surface area contributed by atoms with Crippen LogP contribution in [0.25, 0.3) is 0 Å². The van der Waals surface area contributed by atoms with E-state index in [1.807, 2.05) is 6.92 Å². The molecule has 0 aromatic carbocycles. The summed E-state index contributed by atoms with van der Waals surface area (Å²) in [7, 11) is 0. The minimum Gasteiger partial charge on any atom is -0.392 e. The quantitative estimate of drug-likeness (QED) is 0.732. The van der Waals surface area contributed by atoms with Gasteiger partial charge < -0.3 is 10.2 Å². The van der Waals surface area contributed by atoms with Gasteiger partial charge in [0.1, 0.15) is 0 Å². The van der Waals surface area contributed by atoms with Crippen LogP contribution in [0, 0.1) is 17.3 Å². The second-order valence-electron chi connectivity index (χ2n) is 7.90. The molecule has 122 valence electrons. The molecule has 3 aliphatic rings. The largest absolute Gasteiger partial charge is 0.392 e. The summed E-state index contributed by atoms with van der Waals surface area (Å²) in [5, 5.41) is 21.8. The van der Waals surface area contributed by atoms with Crippen LogP contribution in [0.3, 0.4) is 0 Å². The molecule has 3 nitrogen and oxygen atoms in total. The molecular formula is C19H28O3. The van der Waals surface area contributed by atoms with Gasteiger partial charge in [-0.3, -0.25) is 4.79 Å². The molecule has 4 atom stereocenters. The SMILES string of the molecule is CC(C)C1=C2C[C@H](O)[C@H](C)C3=C(C(=O)CC3)[C@H](O)[C@@]2(C)CC1. The fraction of sp³-hybridized carbons (Fsp3) is 0.737. The van der Waals surface area contributed by atoms with Gasteiger partial charge in [-0.2, -0.15) is 0 Å². The molecule has 0 bridgehead atoms. The third-order valence-electron chi connectivity index (χ3n) is 6.37. The van der Waals surface area contributed by atoms with Gasteiger partial charge in [0.05, 0.1) is 12.2 Å². The van der Waals surface area contributed by atoms with Crippen molar-refractivity contribution in [3.8, 4) is 0 Å². The van der Waals surface area contributed by atoms with Crippen molar-refractivity contribution in [2.45, 2.75) is 72.0 Å². The summed E-state index contributed by atoms with van der Waals surface area (Å²) < 4.78 is 0. The lowest BCUT2D eigenvalue weighted by Crippen LogP contribution is -2.40. The Morgan fingerprint density at radius 1 is 1.18 bits per heavy atom. The maximum Gasteiger partial charge on any atom is 0.161 e. The number of carbonyl (C=O) groups is 1.